The van der Waals surface area contributed by atoms with Crippen molar-refractivity contribution in [3.05, 3.63) is 24.3 Å². The summed E-state index contributed by atoms with van der Waals surface area (Å²) < 4.78 is 47.7. The number of nitrogens with two attached hydrogens (primary N) is 1. The molecule has 112 valence electrons. The van der Waals surface area contributed by atoms with Gasteiger partial charge in [0.05, 0.1) is 15.0 Å². The number of hydrogen-bond acceptors (Lipinski definition) is 5. The molecule has 0 aliphatic heterocycles. The Kier molecular flexibility index (Phi) is 4.22. The summed E-state index contributed by atoms with van der Waals surface area (Å²) >= 11 is 0. The quantitative estimate of drug-likeness (QED) is 0.902. The summed E-state index contributed by atoms with van der Waals surface area (Å²) in [6.45, 7) is 0. The fourth-order valence-electron chi connectivity index (χ4n) is 2.47. The second-order valence-corrected chi connectivity index (χ2v) is 9.57. The highest BCUT2D eigenvalue weighted by molar-refractivity contribution is 7.92. The van der Waals surface area contributed by atoms with Crippen LogP contribution in [0.4, 0.5) is 0 Å². The molecule has 0 saturated heterocycles. The second kappa shape index (κ2) is 5.46. The van der Waals surface area contributed by atoms with E-state index in [1.807, 2.05) is 0 Å². The number of benzene rings is 1. The van der Waals surface area contributed by atoms with E-state index in [9.17, 15) is 16.8 Å². The molecule has 0 radical (unpaired) electrons. The van der Waals surface area contributed by atoms with Gasteiger partial charge in [0.1, 0.15) is 0 Å². The summed E-state index contributed by atoms with van der Waals surface area (Å²) in [7, 11) is -6.71. The third-order valence-corrected chi connectivity index (χ3v) is 7.14. The van der Waals surface area contributed by atoms with E-state index in [2.05, 4.69) is 0 Å². The fourth-order valence-corrected chi connectivity index (χ4v) is 4.89. The van der Waals surface area contributed by atoms with E-state index < -0.39 is 24.9 Å². The molecule has 0 spiro atoms. The minimum absolute atomic E-state index is 0.0917. The number of rotatable bonds is 3. The van der Waals surface area contributed by atoms with Gasteiger partial charge < -0.3 is 5.73 Å². The van der Waals surface area contributed by atoms with Crippen LogP contribution < -0.4 is 5.73 Å². The predicted octanol–water partition coefficient (Wildman–Crippen LogP) is 1.13. The van der Waals surface area contributed by atoms with Gasteiger partial charge in [-0.3, -0.25) is 0 Å². The molecule has 2 N–H and O–H groups in total. The van der Waals surface area contributed by atoms with Crippen LogP contribution >= 0.6 is 0 Å². The van der Waals surface area contributed by atoms with Gasteiger partial charge in [-0.05, 0) is 49.9 Å². The molecule has 2 rings (SSSR count). The molecule has 20 heavy (non-hydrogen) atoms. The normalized spacial score (nSPS) is 24.5. The Labute approximate surface area is 120 Å². The smallest absolute Gasteiger partial charge is 0.181 e. The Bertz CT molecular complexity index is 670. The van der Waals surface area contributed by atoms with E-state index >= 15 is 0 Å². The highest BCUT2D eigenvalue weighted by Crippen LogP contribution is 2.28. The van der Waals surface area contributed by atoms with Gasteiger partial charge in [-0.1, -0.05) is 0 Å². The topological polar surface area (TPSA) is 94.3 Å². The molecule has 1 aliphatic carbocycles. The predicted molar refractivity (Wildman–Crippen MR) is 77.0 cm³/mol. The zero-order valence-electron chi connectivity index (χ0n) is 11.3. The maximum atomic E-state index is 12.5. The molecule has 0 amide bonds. The second-order valence-electron chi connectivity index (χ2n) is 5.33. The van der Waals surface area contributed by atoms with Gasteiger partial charge >= 0.3 is 0 Å². The number of sulfone groups is 2. The third-order valence-electron chi connectivity index (χ3n) is 3.74. The van der Waals surface area contributed by atoms with Crippen LogP contribution in [0, 0.1) is 0 Å². The van der Waals surface area contributed by atoms with Crippen molar-refractivity contribution in [3.8, 4) is 0 Å². The van der Waals surface area contributed by atoms with Crippen LogP contribution in [0.1, 0.15) is 25.7 Å². The van der Waals surface area contributed by atoms with Crippen LogP contribution in [-0.2, 0) is 19.7 Å². The molecule has 1 fully saturated rings. The third kappa shape index (κ3) is 3.21. The van der Waals surface area contributed by atoms with E-state index in [4.69, 9.17) is 5.73 Å². The van der Waals surface area contributed by atoms with Crippen LogP contribution in [-0.4, -0.2) is 34.4 Å². The van der Waals surface area contributed by atoms with Crippen LogP contribution in [0.2, 0.25) is 0 Å². The Morgan fingerprint density at radius 2 is 1.35 bits per heavy atom. The molecule has 0 atom stereocenters. The van der Waals surface area contributed by atoms with Crippen LogP contribution in [0.15, 0.2) is 34.1 Å². The van der Waals surface area contributed by atoms with Gasteiger partial charge in [0.2, 0.25) is 0 Å². The lowest BCUT2D eigenvalue weighted by molar-refractivity contribution is 0.433. The first kappa shape index (κ1) is 15.5. The first-order chi connectivity index (χ1) is 9.21. The minimum atomic E-state index is -3.40. The van der Waals surface area contributed by atoms with E-state index in [1.54, 1.807) is 0 Å². The molecule has 0 unspecified atom stereocenters. The summed E-state index contributed by atoms with van der Waals surface area (Å²) in [6, 6.07) is 5.53. The van der Waals surface area contributed by atoms with Gasteiger partial charge in [0, 0.05) is 12.3 Å². The minimum Gasteiger partial charge on any atom is -0.328 e. The SMILES string of the molecule is CS(=O)(=O)c1ccc(S(=O)(=O)C2CCC(N)CC2)cc1. The summed E-state index contributed by atoms with van der Waals surface area (Å²) in [5.74, 6) is 0. The van der Waals surface area contributed by atoms with Crippen molar-refractivity contribution >= 4 is 19.7 Å². The fraction of sp³-hybridized carbons (Fsp3) is 0.538. The summed E-state index contributed by atoms with van der Waals surface area (Å²) in [5.41, 5.74) is 5.79. The van der Waals surface area contributed by atoms with Crippen molar-refractivity contribution in [1.82, 2.24) is 0 Å². The van der Waals surface area contributed by atoms with Crippen LogP contribution in [0.5, 0.6) is 0 Å². The lowest BCUT2D eigenvalue weighted by atomic mass is 9.96. The maximum absolute atomic E-state index is 12.5. The van der Waals surface area contributed by atoms with E-state index in [1.165, 1.54) is 24.3 Å². The van der Waals surface area contributed by atoms with E-state index in [0.29, 0.717) is 25.7 Å². The van der Waals surface area contributed by atoms with E-state index in [0.717, 1.165) is 6.26 Å². The standard InChI is InChI=1S/C13H19NO4S2/c1-19(15,16)11-6-8-13(9-7-11)20(17,18)12-4-2-10(14)3-5-12/h6-10,12H,2-5,14H2,1H3. The van der Waals surface area contributed by atoms with Gasteiger partial charge in [-0.25, -0.2) is 16.8 Å². The Morgan fingerprint density at radius 3 is 1.80 bits per heavy atom. The first-order valence-corrected chi connectivity index (χ1v) is 9.94. The average molecular weight is 317 g/mol. The summed E-state index contributed by atoms with van der Waals surface area (Å²) in [4.78, 5) is 0.312. The molecule has 1 aromatic carbocycles. The monoisotopic (exact) mass is 317 g/mol. The van der Waals surface area contributed by atoms with Crippen LogP contribution in [0.25, 0.3) is 0 Å². The first-order valence-electron chi connectivity index (χ1n) is 6.51. The van der Waals surface area contributed by atoms with Crippen molar-refractivity contribution in [2.75, 3.05) is 6.26 Å². The average Bonchev–Trinajstić information content (AvgIpc) is 2.38. The molecule has 5 nitrogen and oxygen atoms in total. The van der Waals surface area contributed by atoms with Crippen molar-refractivity contribution in [3.63, 3.8) is 0 Å². The molecule has 1 saturated carbocycles. The van der Waals surface area contributed by atoms with Crippen molar-refractivity contribution in [2.45, 2.75) is 46.8 Å². The zero-order valence-corrected chi connectivity index (χ0v) is 13.0. The Hall–Kier alpha value is -0.920. The zero-order chi connectivity index (χ0) is 15.0. The van der Waals surface area contributed by atoms with E-state index in [-0.39, 0.29) is 15.8 Å². The Morgan fingerprint density at radius 1 is 0.900 bits per heavy atom. The van der Waals surface area contributed by atoms with Crippen molar-refractivity contribution in [1.29, 1.82) is 0 Å². The molecule has 1 aromatic rings. The van der Waals surface area contributed by atoms with Gasteiger partial charge in [-0.2, -0.15) is 0 Å². The number of hydrogen-bond donors (Lipinski definition) is 1. The van der Waals surface area contributed by atoms with Gasteiger partial charge in [-0.15, -0.1) is 0 Å². The molecule has 7 heteroatoms. The molecular formula is C13H19NO4S2. The molecular weight excluding hydrogens is 298 g/mol. The van der Waals surface area contributed by atoms with Gasteiger partial charge in [0.15, 0.2) is 19.7 Å². The maximum Gasteiger partial charge on any atom is 0.181 e. The van der Waals surface area contributed by atoms with Crippen molar-refractivity contribution < 1.29 is 16.8 Å². The van der Waals surface area contributed by atoms with Crippen molar-refractivity contribution in [2.24, 2.45) is 5.73 Å². The largest absolute Gasteiger partial charge is 0.328 e. The lowest BCUT2D eigenvalue weighted by Crippen LogP contribution is -2.33. The molecule has 0 bridgehead atoms. The molecule has 0 heterocycles. The highest BCUT2D eigenvalue weighted by Gasteiger charge is 2.31. The Balaban J connectivity index is 2.26. The van der Waals surface area contributed by atoms with Gasteiger partial charge in [0.25, 0.3) is 0 Å². The summed E-state index contributed by atoms with van der Waals surface area (Å²) in [6.07, 6.45) is 3.66. The molecule has 0 aromatic heterocycles. The molecule has 1 aliphatic rings. The summed E-state index contributed by atoms with van der Waals surface area (Å²) in [5, 5.41) is -0.411. The van der Waals surface area contributed by atoms with Crippen LogP contribution in [0.3, 0.4) is 0 Å². The highest BCUT2D eigenvalue weighted by atomic mass is 32.2. The lowest BCUT2D eigenvalue weighted by Gasteiger charge is -2.25.